The largest absolute Gasteiger partial charge is 0.496 e. The smallest absolute Gasteiger partial charge is 0.244 e. The lowest BCUT2D eigenvalue weighted by Gasteiger charge is -2.22. The summed E-state index contributed by atoms with van der Waals surface area (Å²) in [6.07, 6.45) is 12.1. The number of carbonyl (C=O) groups is 1. The molecule has 0 radical (unpaired) electrons. The summed E-state index contributed by atoms with van der Waals surface area (Å²) in [5.74, 6) is 1.87. The van der Waals surface area contributed by atoms with E-state index < -0.39 is 0 Å². The fraction of sp³-hybridized carbons (Fsp3) is 0.522. The molecule has 4 nitrogen and oxygen atoms in total. The first kappa shape index (κ1) is 18.1. The van der Waals surface area contributed by atoms with Crippen LogP contribution in [0, 0.1) is 0 Å². The number of furan rings is 1. The molecule has 2 aliphatic carbocycles. The number of fused-ring (bicyclic) bond motifs is 3. The van der Waals surface area contributed by atoms with Crippen LogP contribution in [0.25, 0.3) is 16.5 Å². The highest BCUT2D eigenvalue weighted by Gasteiger charge is 2.21. The average Bonchev–Trinajstić information content (AvgIpc) is 3.05. The average molecular weight is 367 g/mol. The molecule has 0 atom stereocenters. The van der Waals surface area contributed by atoms with Crippen LogP contribution in [-0.4, -0.2) is 19.1 Å². The number of ether oxygens (including phenoxy) is 1. The van der Waals surface area contributed by atoms with Crippen LogP contribution in [0.2, 0.25) is 0 Å². The van der Waals surface area contributed by atoms with E-state index in [1.807, 2.05) is 13.0 Å². The molecule has 1 amide bonds. The molecule has 1 aromatic heterocycles. The standard InChI is InChI=1S/C23H29NO3/c1-15(12-23(25)24-16-8-4-3-5-9-16)18-13-19-17-10-6-7-11-20(17)27-22(19)14-21(18)26-2/h12-14,16H,3-11H2,1-2H3,(H,24,25)/b15-12+. The minimum Gasteiger partial charge on any atom is -0.496 e. The zero-order chi connectivity index (χ0) is 18.8. The highest BCUT2D eigenvalue weighted by molar-refractivity contribution is 5.97. The topological polar surface area (TPSA) is 51.5 Å². The van der Waals surface area contributed by atoms with Gasteiger partial charge in [-0.05, 0) is 50.7 Å². The van der Waals surface area contributed by atoms with E-state index in [9.17, 15) is 4.79 Å². The molecule has 1 heterocycles. The summed E-state index contributed by atoms with van der Waals surface area (Å²) in [6.45, 7) is 1.98. The number of hydrogen-bond acceptors (Lipinski definition) is 3. The van der Waals surface area contributed by atoms with Crippen LogP contribution in [0.15, 0.2) is 22.6 Å². The van der Waals surface area contributed by atoms with Crippen LogP contribution in [0.5, 0.6) is 5.75 Å². The number of methoxy groups -OCH3 is 1. The maximum atomic E-state index is 12.5. The van der Waals surface area contributed by atoms with E-state index in [0.29, 0.717) is 6.04 Å². The van der Waals surface area contributed by atoms with Gasteiger partial charge in [-0.15, -0.1) is 0 Å². The van der Waals surface area contributed by atoms with Crippen molar-refractivity contribution >= 4 is 22.4 Å². The molecular weight excluding hydrogens is 338 g/mol. The van der Waals surface area contributed by atoms with Crippen LogP contribution in [0.4, 0.5) is 0 Å². The molecule has 4 heteroatoms. The van der Waals surface area contributed by atoms with Gasteiger partial charge in [-0.25, -0.2) is 0 Å². The predicted octanol–water partition coefficient (Wildman–Crippen LogP) is 5.17. The van der Waals surface area contributed by atoms with E-state index in [1.54, 1.807) is 13.2 Å². The third-order valence-electron chi connectivity index (χ3n) is 6.00. The van der Waals surface area contributed by atoms with Crippen molar-refractivity contribution in [2.75, 3.05) is 7.11 Å². The number of aryl methyl sites for hydroxylation is 2. The van der Waals surface area contributed by atoms with Gasteiger partial charge < -0.3 is 14.5 Å². The Kier molecular flexibility index (Phi) is 5.24. The molecule has 0 unspecified atom stereocenters. The second kappa shape index (κ2) is 7.79. The predicted molar refractivity (Wildman–Crippen MR) is 108 cm³/mol. The highest BCUT2D eigenvalue weighted by Crippen LogP contribution is 2.37. The number of nitrogens with one attached hydrogen (secondary N) is 1. The summed E-state index contributed by atoms with van der Waals surface area (Å²) >= 11 is 0. The van der Waals surface area contributed by atoms with E-state index >= 15 is 0 Å². The number of rotatable bonds is 4. The Hall–Kier alpha value is -2.23. The Balaban J connectivity index is 1.63. The van der Waals surface area contributed by atoms with E-state index in [2.05, 4.69) is 11.4 Å². The minimum absolute atomic E-state index is 0.00391. The lowest BCUT2D eigenvalue weighted by Crippen LogP contribution is -2.35. The molecule has 0 bridgehead atoms. The van der Waals surface area contributed by atoms with Crippen molar-refractivity contribution in [1.29, 1.82) is 0 Å². The van der Waals surface area contributed by atoms with E-state index in [1.165, 1.54) is 43.1 Å². The Labute approximate surface area is 161 Å². The van der Waals surface area contributed by atoms with Crippen LogP contribution in [-0.2, 0) is 17.6 Å². The zero-order valence-electron chi connectivity index (χ0n) is 16.4. The Morgan fingerprint density at radius 1 is 1.15 bits per heavy atom. The van der Waals surface area contributed by atoms with Gasteiger partial charge in [0.2, 0.25) is 5.91 Å². The summed E-state index contributed by atoms with van der Waals surface area (Å²) in [4.78, 5) is 12.5. The molecule has 144 valence electrons. The summed E-state index contributed by atoms with van der Waals surface area (Å²) < 4.78 is 11.7. The van der Waals surface area contributed by atoms with Gasteiger partial charge in [0.1, 0.15) is 17.1 Å². The molecule has 1 N–H and O–H groups in total. The second-order valence-electron chi connectivity index (χ2n) is 7.93. The van der Waals surface area contributed by atoms with Gasteiger partial charge >= 0.3 is 0 Å². The van der Waals surface area contributed by atoms with Crippen molar-refractivity contribution in [2.45, 2.75) is 70.8 Å². The molecule has 1 saturated carbocycles. The van der Waals surface area contributed by atoms with Crippen LogP contribution < -0.4 is 10.1 Å². The molecule has 1 fully saturated rings. The van der Waals surface area contributed by atoms with E-state index in [0.717, 1.165) is 53.9 Å². The molecule has 1 aromatic carbocycles. The summed E-state index contributed by atoms with van der Waals surface area (Å²) in [5, 5.41) is 4.33. The van der Waals surface area contributed by atoms with Crippen LogP contribution >= 0.6 is 0 Å². The van der Waals surface area contributed by atoms with Gasteiger partial charge in [0.15, 0.2) is 0 Å². The number of amides is 1. The number of carbonyl (C=O) groups excluding carboxylic acids is 1. The molecule has 2 aliphatic rings. The highest BCUT2D eigenvalue weighted by atomic mass is 16.5. The normalized spacial score (nSPS) is 18.4. The minimum atomic E-state index is -0.00391. The molecule has 27 heavy (non-hydrogen) atoms. The summed E-state index contributed by atoms with van der Waals surface area (Å²) in [6, 6.07) is 4.43. The van der Waals surface area contributed by atoms with Crippen molar-refractivity contribution in [3.8, 4) is 5.75 Å². The van der Waals surface area contributed by atoms with E-state index in [4.69, 9.17) is 9.15 Å². The third kappa shape index (κ3) is 3.76. The maximum Gasteiger partial charge on any atom is 0.244 e. The van der Waals surface area contributed by atoms with Crippen molar-refractivity contribution in [3.05, 3.63) is 35.1 Å². The monoisotopic (exact) mass is 367 g/mol. The number of allylic oxidation sites excluding steroid dienone is 1. The van der Waals surface area contributed by atoms with Crippen molar-refractivity contribution < 1.29 is 13.9 Å². The number of hydrogen-bond donors (Lipinski definition) is 1. The first-order valence-corrected chi connectivity index (χ1v) is 10.3. The Morgan fingerprint density at radius 2 is 1.93 bits per heavy atom. The fourth-order valence-corrected chi connectivity index (χ4v) is 4.53. The molecule has 0 saturated heterocycles. The van der Waals surface area contributed by atoms with Gasteiger partial charge in [0.05, 0.1) is 7.11 Å². The number of benzene rings is 1. The molecule has 4 rings (SSSR count). The summed E-state index contributed by atoms with van der Waals surface area (Å²) in [7, 11) is 1.67. The van der Waals surface area contributed by atoms with Crippen molar-refractivity contribution in [3.63, 3.8) is 0 Å². The van der Waals surface area contributed by atoms with Crippen molar-refractivity contribution in [2.24, 2.45) is 0 Å². The Morgan fingerprint density at radius 3 is 2.70 bits per heavy atom. The zero-order valence-corrected chi connectivity index (χ0v) is 16.4. The van der Waals surface area contributed by atoms with E-state index in [-0.39, 0.29) is 5.91 Å². The van der Waals surface area contributed by atoms with Gasteiger partial charge in [-0.1, -0.05) is 19.3 Å². The van der Waals surface area contributed by atoms with Gasteiger partial charge in [-0.2, -0.15) is 0 Å². The first-order chi connectivity index (χ1) is 13.2. The lowest BCUT2D eigenvalue weighted by atomic mass is 9.94. The first-order valence-electron chi connectivity index (χ1n) is 10.3. The fourth-order valence-electron chi connectivity index (χ4n) is 4.53. The quantitative estimate of drug-likeness (QED) is 0.758. The molecule has 0 spiro atoms. The molecule has 0 aliphatic heterocycles. The second-order valence-corrected chi connectivity index (χ2v) is 7.93. The van der Waals surface area contributed by atoms with Crippen LogP contribution in [0.3, 0.4) is 0 Å². The molecule has 2 aromatic rings. The van der Waals surface area contributed by atoms with Gasteiger partial charge in [0, 0.05) is 41.1 Å². The lowest BCUT2D eigenvalue weighted by molar-refractivity contribution is -0.117. The maximum absolute atomic E-state index is 12.5. The SMILES string of the molecule is COc1cc2oc3c(c2cc1/C(C)=C/C(=O)NC1CCCCC1)CCCC3. The Bertz CT molecular complexity index is 871. The van der Waals surface area contributed by atoms with Crippen molar-refractivity contribution in [1.82, 2.24) is 5.32 Å². The third-order valence-corrected chi connectivity index (χ3v) is 6.00. The molecular formula is C23H29NO3. The summed E-state index contributed by atoms with van der Waals surface area (Å²) in [5.41, 5.74) is 4.12. The van der Waals surface area contributed by atoms with Crippen LogP contribution in [0.1, 0.15) is 68.8 Å². The van der Waals surface area contributed by atoms with Gasteiger partial charge in [0.25, 0.3) is 0 Å². The van der Waals surface area contributed by atoms with Gasteiger partial charge in [-0.3, -0.25) is 4.79 Å².